The molecule has 0 aliphatic carbocycles. The summed E-state index contributed by atoms with van der Waals surface area (Å²) < 4.78 is 11.3. The molecule has 0 radical (unpaired) electrons. The van der Waals surface area contributed by atoms with Crippen molar-refractivity contribution in [2.24, 2.45) is 5.84 Å². The van der Waals surface area contributed by atoms with Gasteiger partial charge in [-0.2, -0.15) is 4.78 Å². The zero-order valence-electron chi connectivity index (χ0n) is 4.37. The van der Waals surface area contributed by atoms with Crippen molar-refractivity contribution in [3.05, 3.63) is 0 Å². The van der Waals surface area contributed by atoms with Crippen molar-refractivity contribution < 1.29 is 4.57 Å². The minimum atomic E-state index is -0.0896. The topological polar surface area (TPSA) is 58.4 Å². The van der Waals surface area contributed by atoms with E-state index in [1.165, 1.54) is 4.78 Å². The highest BCUT2D eigenvalue weighted by atomic mass is 31.1. The summed E-state index contributed by atoms with van der Waals surface area (Å²) in [6.45, 7) is 1.71. The summed E-state index contributed by atoms with van der Waals surface area (Å²) in [6.07, 6.45) is 0. The minimum absolute atomic E-state index is 0.0896. The predicted molar refractivity (Wildman–Crippen MR) is 30.3 cm³/mol. The molecule has 0 bridgehead atoms. The molecule has 1 aliphatic rings. The van der Waals surface area contributed by atoms with E-state index in [2.05, 4.69) is 5.32 Å². The molecule has 4 nitrogen and oxygen atoms in total. The Morgan fingerprint density at radius 2 is 2.38 bits per heavy atom. The first kappa shape index (κ1) is 6.11. The van der Waals surface area contributed by atoms with Crippen molar-refractivity contribution in [3.8, 4) is 0 Å². The van der Waals surface area contributed by atoms with E-state index in [-0.39, 0.29) is 14.7 Å². The fraction of sp³-hybridized carbons (Fsp3) is 1.00. The smallest absolute Gasteiger partial charge is 0.264 e. The van der Waals surface area contributed by atoms with Gasteiger partial charge in [-0.05, 0) is 0 Å². The van der Waals surface area contributed by atoms with Gasteiger partial charge < -0.3 is 5.32 Å². The summed E-state index contributed by atoms with van der Waals surface area (Å²) in [5.41, 5.74) is 0. The third kappa shape index (κ3) is 1.03. The number of rotatable bonds is 2. The van der Waals surface area contributed by atoms with E-state index in [1.807, 2.05) is 0 Å². The van der Waals surface area contributed by atoms with E-state index in [1.54, 1.807) is 0 Å². The molecule has 0 aromatic rings. The van der Waals surface area contributed by atoms with Crippen LogP contribution in [-0.2, 0) is 4.57 Å². The van der Waals surface area contributed by atoms with Gasteiger partial charge in [-0.1, -0.05) is 0 Å². The molecule has 1 saturated heterocycles. The summed E-state index contributed by atoms with van der Waals surface area (Å²) >= 11 is 0. The Kier molecular flexibility index (Phi) is 1.91. The van der Waals surface area contributed by atoms with E-state index in [9.17, 15) is 4.57 Å². The second-order valence-electron chi connectivity index (χ2n) is 1.77. The van der Waals surface area contributed by atoms with Crippen LogP contribution in [0.2, 0.25) is 0 Å². The van der Waals surface area contributed by atoms with Gasteiger partial charge >= 0.3 is 0 Å². The van der Waals surface area contributed by atoms with Crippen LogP contribution in [0.3, 0.4) is 0 Å². The maximum Gasteiger partial charge on any atom is 0.264 e. The molecule has 0 atom stereocenters. The summed E-state index contributed by atoms with van der Waals surface area (Å²) in [6, 6.07) is 0.272. The quantitative estimate of drug-likeness (QED) is 0.298. The lowest BCUT2D eigenvalue weighted by molar-refractivity contribution is 0.255. The molecule has 8 heavy (non-hydrogen) atoms. The SMILES string of the molecule is NN(P=O)C1CNC1. The van der Waals surface area contributed by atoms with E-state index >= 15 is 0 Å². The molecular formula is C3H8N3OP. The Morgan fingerprint density at radius 3 is 2.50 bits per heavy atom. The normalized spacial score (nSPS) is 21.8. The number of nitrogens with zero attached hydrogens (tertiary/aromatic N) is 1. The molecule has 1 aliphatic heterocycles. The second kappa shape index (κ2) is 2.51. The third-order valence-electron chi connectivity index (χ3n) is 1.23. The lowest BCUT2D eigenvalue weighted by Crippen LogP contribution is -2.56. The first-order chi connectivity index (χ1) is 3.84. The first-order valence-corrected chi connectivity index (χ1v) is 3.19. The predicted octanol–water partition coefficient (Wildman–Crippen LogP) is -0.659. The lowest BCUT2D eigenvalue weighted by Gasteiger charge is -2.30. The second-order valence-corrected chi connectivity index (χ2v) is 2.40. The van der Waals surface area contributed by atoms with Crippen molar-refractivity contribution in [3.63, 3.8) is 0 Å². The van der Waals surface area contributed by atoms with Gasteiger partial charge in [-0.25, -0.2) is 0 Å². The van der Waals surface area contributed by atoms with Crippen LogP contribution in [0.25, 0.3) is 0 Å². The maximum atomic E-state index is 10.0. The van der Waals surface area contributed by atoms with Gasteiger partial charge in [0.2, 0.25) is 0 Å². The lowest BCUT2D eigenvalue weighted by atomic mass is 10.2. The number of hydrazine groups is 1. The highest BCUT2D eigenvalue weighted by Crippen LogP contribution is 2.07. The number of nitrogens with one attached hydrogen (secondary N) is 1. The molecule has 0 aromatic heterocycles. The summed E-state index contributed by atoms with van der Waals surface area (Å²) in [5, 5.41) is 3.01. The molecule has 0 saturated carbocycles. The molecule has 1 fully saturated rings. The zero-order chi connectivity index (χ0) is 5.98. The van der Waals surface area contributed by atoms with Crippen LogP contribution in [0.5, 0.6) is 0 Å². The molecule has 3 N–H and O–H groups in total. The van der Waals surface area contributed by atoms with Crippen LogP contribution < -0.4 is 11.2 Å². The standard InChI is InChI=1S/C3H8N3OP/c4-6(8-7)3-1-5-2-3/h3,5H,1-2,4H2. The summed E-state index contributed by atoms with van der Waals surface area (Å²) in [7, 11) is -0.0896. The van der Waals surface area contributed by atoms with Crippen LogP contribution in [0.1, 0.15) is 0 Å². The Labute approximate surface area is 49.3 Å². The van der Waals surface area contributed by atoms with Crippen LogP contribution in [-0.4, -0.2) is 23.9 Å². The molecule has 0 amide bonds. The monoisotopic (exact) mass is 133 g/mol. The number of nitrogens with two attached hydrogens (primary N) is 1. The highest BCUT2D eigenvalue weighted by Gasteiger charge is 2.21. The fourth-order valence-corrected chi connectivity index (χ4v) is 0.824. The van der Waals surface area contributed by atoms with Gasteiger partial charge in [0.1, 0.15) is 0 Å². The van der Waals surface area contributed by atoms with Crippen molar-refractivity contribution >= 4 is 8.61 Å². The summed E-state index contributed by atoms with van der Waals surface area (Å²) in [5.74, 6) is 5.25. The van der Waals surface area contributed by atoms with E-state index < -0.39 is 0 Å². The highest BCUT2D eigenvalue weighted by molar-refractivity contribution is 7.20. The fourth-order valence-electron chi connectivity index (χ4n) is 0.527. The average molecular weight is 133 g/mol. The minimum Gasteiger partial charge on any atom is -0.313 e. The number of hydrogen-bond donors (Lipinski definition) is 2. The Hall–Kier alpha value is -0.0200. The van der Waals surface area contributed by atoms with E-state index in [0.29, 0.717) is 0 Å². The van der Waals surface area contributed by atoms with E-state index in [0.717, 1.165) is 13.1 Å². The number of hydrogen-bond acceptors (Lipinski definition) is 3. The zero-order valence-corrected chi connectivity index (χ0v) is 5.27. The molecule has 0 aromatic carbocycles. The van der Waals surface area contributed by atoms with Crippen molar-refractivity contribution in [1.82, 2.24) is 10.1 Å². The van der Waals surface area contributed by atoms with Crippen molar-refractivity contribution in [1.29, 1.82) is 0 Å². The van der Waals surface area contributed by atoms with Crippen LogP contribution in [0.15, 0.2) is 0 Å². The average Bonchev–Trinajstić information content (AvgIpc) is 1.62. The van der Waals surface area contributed by atoms with Gasteiger partial charge in [0.15, 0.2) is 0 Å². The van der Waals surface area contributed by atoms with Gasteiger partial charge in [-0.3, -0.25) is 10.4 Å². The third-order valence-corrected chi connectivity index (χ3v) is 1.74. The molecule has 0 spiro atoms. The molecule has 46 valence electrons. The van der Waals surface area contributed by atoms with Gasteiger partial charge in [0.05, 0.1) is 6.04 Å². The van der Waals surface area contributed by atoms with Crippen LogP contribution in [0, 0.1) is 0 Å². The Morgan fingerprint density at radius 1 is 1.75 bits per heavy atom. The van der Waals surface area contributed by atoms with Crippen LogP contribution >= 0.6 is 8.61 Å². The first-order valence-electron chi connectivity index (χ1n) is 2.42. The molecular weight excluding hydrogens is 125 g/mol. The Balaban J connectivity index is 2.22. The molecule has 1 rings (SSSR count). The molecule has 5 heteroatoms. The molecule has 0 unspecified atom stereocenters. The van der Waals surface area contributed by atoms with Crippen LogP contribution in [0.4, 0.5) is 0 Å². The van der Waals surface area contributed by atoms with Gasteiger partial charge in [0, 0.05) is 13.1 Å². The van der Waals surface area contributed by atoms with Crippen molar-refractivity contribution in [2.75, 3.05) is 13.1 Å². The maximum absolute atomic E-state index is 10.0. The van der Waals surface area contributed by atoms with Crippen molar-refractivity contribution in [2.45, 2.75) is 6.04 Å². The van der Waals surface area contributed by atoms with Gasteiger partial charge in [0.25, 0.3) is 8.61 Å². The summed E-state index contributed by atoms with van der Waals surface area (Å²) in [4.78, 5) is 0. The Bertz CT molecular complexity index is 94.5. The van der Waals surface area contributed by atoms with E-state index in [4.69, 9.17) is 5.84 Å². The van der Waals surface area contributed by atoms with Gasteiger partial charge in [-0.15, -0.1) is 0 Å². The largest absolute Gasteiger partial charge is 0.313 e. The molecule has 1 heterocycles.